The van der Waals surface area contributed by atoms with Crippen molar-refractivity contribution in [1.29, 1.82) is 0 Å². The fourth-order valence-corrected chi connectivity index (χ4v) is 7.70. The smallest absolute Gasteiger partial charge is 0.302 e. The standard InChI is InChI=1S/C30H46O2/c1-19(2)20(3)8-9-21(4)26-12-13-27-25-11-10-23-18-24(32-22(5)31)14-16-29(23,6)28(25)15-17-30(26,27)7/h8-9,13,19-21,23-24,26H,10-12,14-18H2,1-7H3/b9-8+/t20-,21+,23?,24?,26?,29+,30?/m0/s1. The largest absolute Gasteiger partial charge is 0.463 e. The van der Waals surface area contributed by atoms with E-state index in [1.54, 1.807) is 23.6 Å². The van der Waals surface area contributed by atoms with E-state index in [4.69, 9.17) is 4.74 Å². The van der Waals surface area contributed by atoms with Crippen LogP contribution in [0.4, 0.5) is 0 Å². The lowest BCUT2D eigenvalue weighted by Gasteiger charge is -2.54. The van der Waals surface area contributed by atoms with Crippen LogP contribution in [-0.4, -0.2) is 12.1 Å². The van der Waals surface area contributed by atoms with Gasteiger partial charge in [-0.2, -0.15) is 0 Å². The molecule has 4 unspecified atom stereocenters. The Morgan fingerprint density at radius 1 is 1.06 bits per heavy atom. The van der Waals surface area contributed by atoms with Gasteiger partial charge in [-0.1, -0.05) is 65.3 Å². The molecule has 1 saturated carbocycles. The second-order valence-electron chi connectivity index (χ2n) is 12.3. The lowest BCUT2D eigenvalue weighted by atomic mass is 9.51. The highest BCUT2D eigenvalue weighted by atomic mass is 16.5. The van der Waals surface area contributed by atoms with Gasteiger partial charge in [0.25, 0.3) is 0 Å². The second kappa shape index (κ2) is 8.80. The first kappa shape index (κ1) is 23.8. The molecule has 2 nitrogen and oxygen atoms in total. The van der Waals surface area contributed by atoms with Crippen molar-refractivity contribution in [1.82, 2.24) is 0 Å². The SMILES string of the molecule is CC(=O)OC1CC[C@@]2(C)C3=C(CCC2C1)C1=CCC([C@H](C)/C=C/[C@H](C)C(C)C)C1(C)CC3. The van der Waals surface area contributed by atoms with Crippen LogP contribution in [0, 0.1) is 40.4 Å². The Labute approximate surface area is 197 Å². The van der Waals surface area contributed by atoms with Crippen molar-refractivity contribution in [2.45, 2.75) is 106 Å². The summed E-state index contributed by atoms with van der Waals surface area (Å²) in [5.41, 5.74) is 5.86. The molecule has 0 spiro atoms. The van der Waals surface area contributed by atoms with E-state index in [0.29, 0.717) is 34.5 Å². The predicted molar refractivity (Wildman–Crippen MR) is 133 cm³/mol. The summed E-state index contributed by atoms with van der Waals surface area (Å²) in [7, 11) is 0. The fourth-order valence-electron chi connectivity index (χ4n) is 7.70. The predicted octanol–water partition coefficient (Wildman–Crippen LogP) is 8.05. The molecule has 4 aliphatic rings. The van der Waals surface area contributed by atoms with E-state index in [9.17, 15) is 4.79 Å². The number of fused-ring (bicyclic) bond motifs is 4. The lowest BCUT2D eigenvalue weighted by molar-refractivity contribution is -0.150. The topological polar surface area (TPSA) is 26.3 Å². The van der Waals surface area contributed by atoms with Crippen LogP contribution in [-0.2, 0) is 9.53 Å². The van der Waals surface area contributed by atoms with Crippen LogP contribution < -0.4 is 0 Å². The molecule has 4 aliphatic carbocycles. The summed E-state index contributed by atoms with van der Waals surface area (Å²) in [5.74, 6) is 3.27. The van der Waals surface area contributed by atoms with Crippen molar-refractivity contribution in [2.24, 2.45) is 40.4 Å². The molecule has 0 heterocycles. The summed E-state index contributed by atoms with van der Waals surface area (Å²) < 4.78 is 5.63. The van der Waals surface area contributed by atoms with Gasteiger partial charge in [0.1, 0.15) is 6.10 Å². The molecular formula is C30H46O2. The molecule has 0 bridgehead atoms. The van der Waals surface area contributed by atoms with Gasteiger partial charge in [0.05, 0.1) is 0 Å². The Morgan fingerprint density at radius 2 is 1.81 bits per heavy atom. The highest BCUT2D eigenvalue weighted by Crippen LogP contribution is 2.64. The number of ether oxygens (including phenoxy) is 1. The normalized spacial score (nSPS) is 38.8. The van der Waals surface area contributed by atoms with Crippen LogP contribution in [0.5, 0.6) is 0 Å². The van der Waals surface area contributed by atoms with Gasteiger partial charge in [-0.25, -0.2) is 0 Å². The van der Waals surface area contributed by atoms with Crippen LogP contribution in [0.25, 0.3) is 0 Å². The molecule has 178 valence electrons. The summed E-state index contributed by atoms with van der Waals surface area (Å²) >= 11 is 0. The van der Waals surface area contributed by atoms with Gasteiger partial charge in [0.2, 0.25) is 0 Å². The van der Waals surface area contributed by atoms with E-state index in [1.165, 1.54) is 38.5 Å². The number of carbonyl (C=O) groups excluding carboxylic acids is 1. The molecule has 0 aromatic carbocycles. The molecule has 0 saturated heterocycles. The van der Waals surface area contributed by atoms with Gasteiger partial charge in [-0.3, -0.25) is 4.79 Å². The van der Waals surface area contributed by atoms with E-state index >= 15 is 0 Å². The summed E-state index contributed by atoms with van der Waals surface area (Å²) in [6.45, 7) is 16.1. The maximum atomic E-state index is 11.5. The first-order valence-electron chi connectivity index (χ1n) is 13.3. The summed E-state index contributed by atoms with van der Waals surface area (Å²) in [4.78, 5) is 11.5. The molecule has 1 fully saturated rings. The molecule has 0 aromatic heterocycles. The first-order chi connectivity index (χ1) is 15.1. The van der Waals surface area contributed by atoms with Crippen LogP contribution in [0.3, 0.4) is 0 Å². The zero-order chi connectivity index (χ0) is 23.3. The molecule has 0 aliphatic heterocycles. The Bertz CT molecular complexity index is 830. The Balaban J connectivity index is 1.54. The van der Waals surface area contributed by atoms with Crippen LogP contribution in [0.2, 0.25) is 0 Å². The van der Waals surface area contributed by atoms with Crippen molar-refractivity contribution in [3.8, 4) is 0 Å². The Kier molecular flexibility index (Phi) is 6.56. The number of carbonyl (C=O) groups is 1. The number of hydrogen-bond acceptors (Lipinski definition) is 2. The second-order valence-corrected chi connectivity index (χ2v) is 12.3. The third-order valence-corrected chi connectivity index (χ3v) is 10.2. The zero-order valence-corrected chi connectivity index (χ0v) is 21.7. The van der Waals surface area contributed by atoms with E-state index in [2.05, 4.69) is 59.8 Å². The quantitative estimate of drug-likeness (QED) is 0.320. The van der Waals surface area contributed by atoms with E-state index in [-0.39, 0.29) is 12.1 Å². The molecule has 0 radical (unpaired) electrons. The average Bonchev–Trinajstić information content (AvgIpc) is 3.08. The molecule has 7 atom stereocenters. The molecule has 0 N–H and O–H groups in total. The molecule has 32 heavy (non-hydrogen) atoms. The molecular weight excluding hydrogens is 392 g/mol. The molecule has 0 amide bonds. The van der Waals surface area contributed by atoms with Gasteiger partial charge in [-0.15, -0.1) is 0 Å². The van der Waals surface area contributed by atoms with Crippen LogP contribution >= 0.6 is 0 Å². The summed E-state index contributed by atoms with van der Waals surface area (Å²) in [6, 6.07) is 0. The van der Waals surface area contributed by atoms with E-state index < -0.39 is 0 Å². The third-order valence-electron chi connectivity index (χ3n) is 10.2. The van der Waals surface area contributed by atoms with Crippen molar-refractivity contribution in [2.75, 3.05) is 0 Å². The van der Waals surface area contributed by atoms with E-state index in [0.717, 1.165) is 18.8 Å². The van der Waals surface area contributed by atoms with Crippen molar-refractivity contribution in [3.63, 3.8) is 0 Å². The van der Waals surface area contributed by atoms with Gasteiger partial charge in [-0.05, 0) is 103 Å². The number of hydrogen-bond donors (Lipinski definition) is 0. The first-order valence-corrected chi connectivity index (χ1v) is 13.3. The maximum Gasteiger partial charge on any atom is 0.302 e. The Hall–Kier alpha value is -1.31. The minimum absolute atomic E-state index is 0.115. The molecule has 0 aromatic rings. The van der Waals surface area contributed by atoms with Crippen molar-refractivity contribution >= 4 is 5.97 Å². The highest BCUT2D eigenvalue weighted by molar-refractivity contribution is 5.66. The molecule has 4 rings (SSSR count). The van der Waals surface area contributed by atoms with Crippen LogP contribution in [0.15, 0.2) is 34.9 Å². The Morgan fingerprint density at radius 3 is 2.50 bits per heavy atom. The average molecular weight is 439 g/mol. The van der Waals surface area contributed by atoms with Crippen LogP contribution in [0.1, 0.15) is 99.8 Å². The van der Waals surface area contributed by atoms with Gasteiger partial charge in [0, 0.05) is 6.92 Å². The summed E-state index contributed by atoms with van der Waals surface area (Å²) in [5, 5.41) is 0. The minimum atomic E-state index is -0.115. The third kappa shape index (κ3) is 4.05. The lowest BCUT2D eigenvalue weighted by Crippen LogP contribution is -2.44. The van der Waals surface area contributed by atoms with Gasteiger partial charge < -0.3 is 4.74 Å². The van der Waals surface area contributed by atoms with Gasteiger partial charge in [0.15, 0.2) is 0 Å². The monoisotopic (exact) mass is 438 g/mol. The van der Waals surface area contributed by atoms with Crippen molar-refractivity contribution < 1.29 is 9.53 Å². The maximum absolute atomic E-state index is 11.5. The fraction of sp³-hybridized carbons (Fsp3) is 0.767. The number of allylic oxidation sites excluding steroid dienone is 6. The molecule has 2 heteroatoms. The minimum Gasteiger partial charge on any atom is -0.463 e. The highest BCUT2D eigenvalue weighted by Gasteiger charge is 2.53. The number of esters is 1. The van der Waals surface area contributed by atoms with E-state index in [1.807, 2.05) is 0 Å². The van der Waals surface area contributed by atoms with Crippen molar-refractivity contribution in [3.05, 3.63) is 34.9 Å². The zero-order valence-electron chi connectivity index (χ0n) is 21.7. The summed E-state index contributed by atoms with van der Waals surface area (Å²) in [6.07, 6.45) is 17.3. The van der Waals surface area contributed by atoms with Gasteiger partial charge >= 0.3 is 5.97 Å². The number of rotatable bonds is 5.